The lowest BCUT2D eigenvalue weighted by Gasteiger charge is -2.33. The van der Waals surface area contributed by atoms with Crippen LogP contribution in [0.1, 0.15) is 30.4 Å². The smallest absolute Gasteiger partial charge is 0.265 e. The highest BCUT2D eigenvalue weighted by atomic mass is 16.5. The zero-order chi connectivity index (χ0) is 19.8. The summed E-state index contributed by atoms with van der Waals surface area (Å²) in [6, 6.07) is 9.38. The Labute approximate surface area is 163 Å². The number of rotatable bonds is 4. The van der Waals surface area contributed by atoms with Gasteiger partial charge in [0.25, 0.3) is 5.91 Å². The predicted octanol–water partition coefficient (Wildman–Crippen LogP) is 2.92. The Kier molecular flexibility index (Phi) is 4.58. The van der Waals surface area contributed by atoms with E-state index in [2.05, 4.69) is 5.32 Å². The van der Waals surface area contributed by atoms with Gasteiger partial charge in [0.1, 0.15) is 5.75 Å². The summed E-state index contributed by atoms with van der Waals surface area (Å²) in [5.74, 6) is 1.42. The van der Waals surface area contributed by atoms with E-state index in [0.717, 1.165) is 16.8 Å². The van der Waals surface area contributed by atoms with Gasteiger partial charge in [0.2, 0.25) is 5.91 Å². The van der Waals surface area contributed by atoms with E-state index in [-0.39, 0.29) is 30.8 Å². The van der Waals surface area contributed by atoms with E-state index in [0.29, 0.717) is 29.5 Å². The Hall–Kier alpha value is -3.22. The minimum Gasteiger partial charge on any atom is -0.493 e. The first-order valence-corrected chi connectivity index (χ1v) is 9.19. The Balaban J connectivity index is 1.89. The highest BCUT2D eigenvalue weighted by Gasteiger charge is 2.33. The molecule has 2 aromatic rings. The molecule has 0 radical (unpaired) electrons. The Bertz CT molecular complexity index is 956. The van der Waals surface area contributed by atoms with Gasteiger partial charge in [-0.3, -0.25) is 9.59 Å². The van der Waals surface area contributed by atoms with E-state index in [1.165, 1.54) is 0 Å². The average Bonchev–Trinajstić information content (AvgIpc) is 2.71. The summed E-state index contributed by atoms with van der Waals surface area (Å²) in [5, 5.41) is 2.93. The molecule has 1 atom stereocenters. The Morgan fingerprint density at radius 2 is 2.00 bits per heavy atom. The highest BCUT2D eigenvalue weighted by Crippen LogP contribution is 2.47. The fraction of sp³-hybridized carbons (Fsp3) is 0.333. The lowest BCUT2D eigenvalue weighted by Crippen LogP contribution is -2.39. The summed E-state index contributed by atoms with van der Waals surface area (Å²) in [5.41, 5.74) is 3.20. The standard InChI is InChI=1S/C21H22N2O5/c1-4-23-16-8-14-13(12-6-5-7-17(26-2)21(12)27-3)9-19(24)22-15(14)10-18(16)28-11-20(23)25/h5-8,10,13H,4,9,11H2,1-3H3,(H,22,24)/t13-/m0/s1. The van der Waals surface area contributed by atoms with Crippen LogP contribution >= 0.6 is 0 Å². The minimum absolute atomic E-state index is 0.000703. The number of carbonyl (C=O) groups excluding carboxylic acids is 2. The maximum Gasteiger partial charge on any atom is 0.265 e. The number of nitrogens with one attached hydrogen (secondary N) is 1. The molecule has 2 aromatic carbocycles. The number of fused-ring (bicyclic) bond motifs is 2. The molecule has 0 fully saturated rings. The molecule has 4 rings (SSSR count). The molecule has 0 aliphatic carbocycles. The van der Waals surface area contributed by atoms with Crippen molar-refractivity contribution in [3.05, 3.63) is 41.5 Å². The zero-order valence-electron chi connectivity index (χ0n) is 16.1. The van der Waals surface area contributed by atoms with Gasteiger partial charge in [0, 0.05) is 36.2 Å². The number of nitrogens with zero attached hydrogens (tertiary/aromatic N) is 1. The molecule has 2 heterocycles. The van der Waals surface area contributed by atoms with Gasteiger partial charge in [0.05, 0.1) is 19.9 Å². The Morgan fingerprint density at radius 3 is 2.71 bits per heavy atom. The SMILES string of the molecule is CCN1C(=O)COc2cc3c(cc21)[C@H](c1cccc(OC)c1OC)CC(=O)N3. The van der Waals surface area contributed by atoms with Gasteiger partial charge in [-0.1, -0.05) is 12.1 Å². The van der Waals surface area contributed by atoms with Gasteiger partial charge in [-0.2, -0.15) is 0 Å². The lowest BCUT2D eigenvalue weighted by atomic mass is 9.83. The largest absolute Gasteiger partial charge is 0.493 e. The number of para-hydroxylation sites is 1. The number of benzene rings is 2. The quantitative estimate of drug-likeness (QED) is 0.880. The van der Waals surface area contributed by atoms with Crippen molar-refractivity contribution in [3.8, 4) is 17.2 Å². The van der Waals surface area contributed by atoms with Crippen LogP contribution in [-0.2, 0) is 9.59 Å². The van der Waals surface area contributed by atoms with Crippen LogP contribution in [0.15, 0.2) is 30.3 Å². The molecule has 0 saturated carbocycles. The molecular formula is C21H22N2O5. The molecular weight excluding hydrogens is 360 g/mol. The van der Waals surface area contributed by atoms with Crippen molar-refractivity contribution in [3.63, 3.8) is 0 Å². The second-order valence-corrected chi connectivity index (χ2v) is 6.72. The van der Waals surface area contributed by atoms with Crippen molar-refractivity contribution in [1.82, 2.24) is 0 Å². The molecule has 0 unspecified atom stereocenters. The first kappa shape index (κ1) is 18.2. The van der Waals surface area contributed by atoms with E-state index in [1.807, 2.05) is 31.2 Å². The van der Waals surface area contributed by atoms with Gasteiger partial charge < -0.3 is 24.4 Å². The van der Waals surface area contributed by atoms with Gasteiger partial charge in [-0.05, 0) is 24.6 Å². The summed E-state index contributed by atoms with van der Waals surface area (Å²) in [6.07, 6.45) is 0.274. The number of ether oxygens (including phenoxy) is 3. The molecule has 0 aromatic heterocycles. The van der Waals surface area contributed by atoms with Crippen molar-refractivity contribution in [2.24, 2.45) is 0 Å². The van der Waals surface area contributed by atoms with E-state index in [9.17, 15) is 9.59 Å². The minimum atomic E-state index is -0.227. The van der Waals surface area contributed by atoms with E-state index in [1.54, 1.807) is 25.2 Å². The van der Waals surface area contributed by atoms with Crippen molar-refractivity contribution in [2.75, 3.05) is 37.6 Å². The monoisotopic (exact) mass is 382 g/mol. The topological polar surface area (TPSA) is 77.1 Å². The molecule has 2 aliphatic rings. The van der Waals surface area contributed by atoms with E-state index >= 15 is 0 Å². The Morgan fingerprint density at radius 1 is 1.18 bits per heavy atom. The molecule has 2 aliphatic heterocycles. The molecule has 0 saturated heterocycles. The van der Waals surface area contributed by atoms with Crippen LogP contribution in [0.5, 0.6) is 17.2 Å². The molecule has 7 nitrogen and oxygen atoms in total. The van der Waals surface area contributed by atoms with E-state index in [4.69, 9.17) is 14.2 Å². The highest BCUT2D eigenvalue weighted by molar-refractivity contribution is 6.01. The number of anilines is 2. The average molecular weight is 382 g/mol. The van der Waals surface area contributed by atoms with Crippen molar-refractivity contribution >= 4 is 23.2 Å². The van der Waals surface area contributed by atoms with Crippen LogP contribution in [0.2, 0.25) is 0 Å². The molecule has 7 heteroatoms. The lowest BCUT2D eigenvalue weighted by molar-refractivity contribution is -0.121. The van der Waals surface area contributed by atoms with Crippen LogP contribution in [0.25, 0.3) is 0 Å². The number of methoxy groups -OCH3 is 2. The summed E-state index contributed by atoms with van der Waals surface area (Å²) in [4.78, 5) is 26.4. The zero-order valence-corrected chi connectivity index (χ0v) is 16.1. The number of carbonyl (C=O) groups is 2. The maximum absolute atomic E-state index is 12.4. The fourth-order valence-electron chi connectivity index (χ4n) is 3.97. The second-order valence-electron chi connectivity index (χ2n) is 6.72. The second kappa shape index (κ2) is 7.07. The summed E-state index contributed by atoms with van der Waals surface area (Å²) < 4.78 is 16.6. The van der Waals surface area contributed by atoms with Crippen LogP contribution in [-0.4, -0.2) is 39.2 Å². The van der Waals surface area contributed by atoms with Crippen LogP contribution in [0.4, 0.5) is 11.4 Å². The normalized spacial score (nSPS) is 18.0. The molecule has 146 valence electrons. The first-order valence-electron chi connectivity index (χ1n) is 9.19. The summed E-state index contributed by atoms with van der Waals surface area (Å²) in [6.45, 7) is 2.48. The van der Waals surface area contributed by atoms with Crippen molar-refractivity contribution in [1.29, 1.82) is 0 Å². The maximum atomic E-state index is 12.4. The fourth-order valence-corrected chi connectivity index (χ4v) is 3.97. The molecule has 0 bridgehead atoms. The number of hydrogen-bond acceptors (Lipinski definition) is 5. The van der Waals surface area contributed by atoms with Crippen molar-refractivity contribution < 1.29 is 23.8 Å². The molecule has 0 spiro atoms. The summed E-state index contributed by atoms with van der Waals surface area (Å²) in [7, 11) is 3.17. The van der Waals surface area contributed by atoms with Crippen LogP contribution in [0, 0.1) is 0 Å². The molecule has 28 heavy (non-hydrogen) atoms. The third kappa shape index (κ3) is 2.83. The third-order valence-corrected chi connectivity index (χ3v) is 5.24. The first-order chi connectivity index (χ1) is 13.6. The van der Waals surface area contributed by atoms with Gasteiger partial charge >= 0.3 is 0 Å². The van der Waals surface area contributed by atoms with Crippen LogP contribution < -0.4 is 24.4 Å². The van der Waals surface area contributed by atoms with Gasteiger partial charge in [0.15, 0.2) is 18.1 Å². The van der Waals surface area contributed by atoms with E-state index < -0.39 is 0 Å². The number of amides is 2. The predicted molar refractivity (Wildman–Crippen MR) is 105 cm³/mol. The number of likely N-dealkylation sites (N-methyl/N-ethyl adjacent to an activating group) is 1. The number of hydrogen-bond donors (Lipinski definition) is 1. The molecule has 2 amide bonds. The van der Waals surface area contributed by atoms with Crippen molar-refractivity contribution in [2.45, 2.75) is 19.3 Å². The van der Waals surface area contributed by atoms with Crippen LogP contribution in [0.3, 0.4) is 0 Å². The third-order valence-electron chi connectivity index (χ3n) is 5.24. The van der Waals surface area contributed by atoms with Gasteiger partial charge in [-0.25, -0.2) is 0 Å². The summed E-state index contributed by atoms with van der Waals surface area (Å²) >= 11 is 0. The molecule has 1 N–H and O–H groups in total. The van der Waals surface area contributed by atoms with Gasteiger partial charge in [-0.15, -0.1) is 0 Å².